The molecule has 116 valence electrons. The smallest absolute Gasteiger partial charge is 0.127 e. The van der Waals surface area contributed by atoms with E-state index in [1.54, 1.807) is 14.2 Å². The second-order valence-corrected chi connectivity index (χ2v) is 5.29. The van der Waals surface area contributed by atoms with Gasteiger partial charge in [-0.15, -0.1) is 0 Å². The molecule has 0 saturated heterocycles. The van der Waals surface area contributed by atoms with Crippen LogP contribution in [0.15, 0.2) is 42.5 Å². The van der Waals surface area contributed by atoms with Crippen molar-refractivity contribution in [2.45, 2.75) is 19.0 Å². The van der Waals surface area contributed by atoms with Crippen LogP contribution in [0, 0.1) is 0 Å². The summed E-state index contributed by atoms with van der Waals surface area (Å²) in [6, 6.07) is 14.4. The summed E-state index contributed by atoms with van der Waals surface area (Å²) in [5.41, 5.74) is 2.34. The molecule has 22 heavy (non-hydrogen) atoms. The van der Waals surface area contributed by atoms with Gasteiger partial charge in [0.25, 0.3) is 0 Å². The van der Waals surface area contributed by atoms with Gasteiger partial charge in [0.2, 0.25) is 0 Å². The average Bonchev–Trinajstić information content (AvgIpc) is 2.59. The predicted molar refractivity (Wildman–Crippen MR) is 85.7 cm³/mol. The standard InChI is InChI=1S/C18H21NO3/c1-20-14-8-7-13(18(11-14)21-2)12-19-16-9-10-22-17-6-4-3-5-15(16)17/h3-8,11,16,19H,9-10,12H2,1-2H3/t16-/m0/s1. The van der Waals surface area contributed by atoms with Gasteiger partial charge in [-0.2, -0.15) is 0 Å². The van der Waals surface area contributed by atoms with E-state index in [-0.39, 0.29) is 0 Å². The Labute approximate surface area is 131 Å². The zero-order valence-electron chi connectivity index (χ0n) is 13.0. The minimum Gasteiger partial charge on any atom is -0.497 e. The van der Waals surface area contributed by atoms with E-state index in [1.807, 2.05) is 30.3 Å². The van der Waals surface area contributed by atoms with Gasteiger partial charge in [0.05, 0.1) is 20.8 Å². The topological polar surface area (TPSA) is 39.7 Å². The summed E-state index contributed by atoms with van der Waals surface area (Å²) in [7, 11) is 3.34. The monoisotopic (exact) mass is 299 g/mol. The normalized spacial score (nSPS) is 16.5. The van der Waals surface area contributed by atoms with Crippen molar-refractivity contribution in [1.82, 2.24) is 5.32 Å². The number of ether oxygens (including phenoxy) is 3. The molecule has 0 aromatic heterocycles. The molecule has 0 spiro atoms. The highest BCUT2D eigenvalue weighted by Crippen LogP contribution is 2.32. The highest BCUT2D eigenvalue weighted by molar-refractivity contribution is 5.41. The van der Waals surface area contributed by atoms with Crippen molar-refractivity contribution in [1.29, 1.82) is 0 Å². The number of nitrogens with one attached hydrogen (secondary N) is 1. The first-order valence-corrected chi connectivity index (χ1v) is 7.48. The molecule has 0 aliphatic carbocycles. The maximum atomic E-state index is 5.70. The Balaban J connectivity index is 1.73. The summed E-state index contributed by atoms with van der Waals surface area (Å²) >= 11 is 0. The fourth-order valence-electron chi connectivity index (χ4n) is 2.79. The van der Waals surface area contributed by atoms with Crippen LogP contribution >= 0.6 is 0 Å². The highest BCUT2D eigenvalue weighted by Gasteiger charge is 2.20. The van der Waals surface area contributed by atoms with Crippen LogP contribution in [0.1, 0.15) is 23.6 Å². The Bertz CT molecular complexity index is 642. The van der Waals surface area contributed by atoms with Crippen LogP contribution in [0.4, 0.5) is 0 Å². The first-order valence-electron chi connectivity index (χ1n) is 7.48. The Morgan fingerprint density at radius 2 is 2.00 bits per heavy atom. The number of fused-ring (bicyclic) bond motifs is 1. The molecular weight excluding hydrogens is 278 g/mol. The van der Waals surface area contributed by atoms with Gasteiger partial charge >= 0.3 is 0 Å². The lowest BCUT2D eigenvalue weighted by Crippen LogP contribution is -2.26. The van der Waals surface area contributed by atoms with E-state index in [0.29, 0.717) is 6.04 Å². The van der Waals surface area contributed by atoms with Crippen molar-refractivity contribution in [3.05, 3.63) is 53.6 Å². The minimum absolute atomic E-state index is 0.303. The molecule has 0 fully saturated rings. The molecule has 3 rings (SSSR count). The van der Waals surface area contributed by atoms with Gasteiger partial charge in [-0.05, 0) is 12.1 Å². The van der Waals surface area contributed by atoms with Crippen LogP contribution in [0.25, 0.3) is 0 Å². The number of hydrogen-bond donors (Lipinski definition) is 1. The van der Waals surface area contributed by atoms with Gasteiger partial charge in [-0.25, -0.2) is 0 Å². The summed E-state index contributed by atoms with van der Waals surface area (Å²) in [5, 5.41) is 3.61. The highest BCUT2D eigenvalue weighted by atomic mass is 16.5. The summed E-state index contributed by atoms with van der Waals surface area (Å²) in [4.78, 5) is 0. The molecule has 0 bridgehead atoms. The molecule has 4 heteroatoms. The molecule has 0 amide bonds. The minimum atomic E-state index is 0.303. The van der Waals surface area contributed by atoms with E-state index in [9.17, 15) is 0 Å². The van der Waals surface area contributed by atoms with Crippen molar-refractivity contribution < 1.29 is 14.2 Å². The third-order valence-electron chi connectivity index (χ3n) is 3.99. The third kappa shape index (κ3) is 3.02. The second-order valence-electron chi connectivity index (χ2n) is 5.29. The summed E-state index contributed by atoms with van der Waals surface area (Å²) < 4.78 is 16.4. The molecule has 0 unspecified atom stereocenters. The lowest BCUT2D eigenvalue weighted by molar-refractivity contribution is 0.252. The largest absolute Gasteiger partial charge is 0.497 e. The Hall–Kier alpha value is -2.20. The maximum Gasteiger partial charge on any atom is 0.127 e. The number of benzene rings is 2. The molecular formula is C18H21NO3. The van der Waals surface area contributed by atoms with Gasteiger partial charge in [-0.1, -0.05) is 24.3 Å². The molecule has 1 aliphatic heterocycles. The molecule has 1 aliphatic rings. The van der Waals surface area contributed by atoms with Crippen molar-refractivity contribution in [2.75, 3.05) is 20.8 Å². The molecule has 1 heterocycles. The number of hydrogen-bond acceptors (Lipinski definition) is 4. The van der Waals surface area contributed by atoms with Gasteiger partial charge in [0.15, 0.2) is 0 Å². The number of rotatable bonds is 5. The second kappa shape index (κ2) is 6.71. The van der Waals surface area contributed by atoms with Gasteiger partial charge in [-0.3, -0.25) is 0 Å². The van der Waals surface area contributed by atoms with Crippen LogP contribution in [0.2, 0.25) is 0 Å². The van der Waals surface area contributed by atoms with Crippen LogP contribution < -0.4 is 19.5 Å². The van der Waals surface area contributed by atoms with Crippen molar-refractivity contribution in [3.8, 4) is 17.2 Å². The Morgan fingerprint density at radius 3 is 2.82 bits per heavy atom. The lowest BCUT2D eigenvalue weighted by Gasteiger charge is -2.27. The zero-order chi connectivity index (χ0) is 15.4. The van der Waals surface area contributed by atoms with Crippen LogP contribution in [0.3, 0.4) is 0 Å². The zero-order valence-corrected chi connectivity index (χ0v) is 13.0. The number of methoxy groups -OCH3 is 2. The van der Waals surface area contributed by atoms with E-state index < -0.39 is 0 Å². The molecule has 1 atom stereocenters. The van der Waals surface area contributed by atoms with Crippen LogP contribution in [-0.4, -0.2) is 20.8 Å². The van der Waals surface area contributed by atoms with Crippen LogP contribution in [-0.2, 0) is 6.54 Å². The van der Waals surface area contributed by atoms with E-state index in [2.05, 4.69) is 17.4 Å². The van der Waals surface area contributed by atoms with E-state index in [4.69, 9.17) is 14.2 Å². The SMILES string of the molecule is COc1ccc(CN[C@H]2CCOc3ccccc32)c(OC)c1. The third-order valence-corrected chi connectivity index (χ3v) is 3.99. The Kier molecular flexibility index (Phi) is 4.49. The summed E-state index contributed by atoms with van der Waals surface area (Å²) in [5.74, 6) is 2.62. The summed E-state index contributed by atoms with van der Waals surface area (Å²) in [6.45, 7) is 1.49. The molecule has 2 aromatic rings. The first-order chi connectivity index (χ1) is 10.8. The van der Waals surface area contributed by atoms with Crippen molar-refractivity contribution in [2.24, 2.45) is 0 Å². The van der Waals surface area contributed by atoms with Gasteiger partial charge < -0.3 is 19.5 Å². The van der Waals surface area contributed by atoms with E-state index in [0.717, 1.165) is 42.4 Å². The Morgan fingerprint density at radius 1 is 1.14 bits per heavy atom. The van der Waals surface area contributed by atoms with Crippen molar-refractivity contribution >= 4 is 0 Å². The van der Waals surface area contributed by atoms with E-state index >= 15 is 0 Å². The predicted octanol–water partition coefficient (Wildman–Crippen LogP) is 3.32. The first kappa shape index (κ1) is 14.7. The van der Waals surface area contributed by atoms with Crippen molar-refractivity contribution in [3.63, 3.8) is 0 Å². The molecule has 0 saturated carbocycles. The van der Waals surface area contributed by atoms with Gasteiger partial charge in [0, 0.05) is 36.2 Å². The van der Waals surface area contributed by atoms with E-state index in [1.165, 1.54) is 5.56 Å². The van der Waals surface area contributed by atoms with Crippen LogP contribution in [0.5, 0.6) is 17.2 Å². The average molecular weight is 299 g/mol. The molecule has 2 aromatic carbocycles. The van der Waals surface area contributed by atoms with Gasteiger partial charge in [0.1, 0.15) is 17.2 Å². The number of para-hydroxylation sites is 1. The summed E-state index contributed by atoms with van der Waals surface area (Å²) in [6.07, 6.45) is 0.968. The molecule has 0 radical (unpaired) electrons. The quantitative estimate of drug-likeness (QED) is 0.919. The molecule has 4 nitrogen and oxygen atoms in total. The fourth-order valence-corrected chi connectivity index (χ4v) is 2.79. The molecule has 1 N–H and O–H groups in total. The fraction of sp³-hybridized carbons (Fsp3) is 0.333. The maximum absolute atomic E-state index is 5.70. The lowest BCUT2D eigenvalue weighted by atomic mass is 10.0.